The summed E-state index contributed by atoms with van der Waals surface area (Å²) < 4.78 is 10.7. The summed E-state index contributed by atoms with van der Waals surface area (Å²) in [7, 11) is 1.37. The lowest BCUT2D eigenvalue weighted by molar-refractivity contribution is -0.166. The predicted octanol–water partition coefficient (Wildman–Crippen LogP) is 4.37. The first-order chi connectivity index (χ1) is 12.2. The van der Waals surface area contributed by atoms with Gasteiger partial charge in [-0.1, -0.05) is 20.8 Å². The molecule has 2 rings (SSSR count). The minimum absolute atomic E-state index is 0.0852. The fraction of sp³-hybridized carbons (Fsp3) is 0.636. The van der Waals surface area contributed by atoms with Crippen LogP contribution in [0.4, 0.5) is 5.69 Å². The number of hydrogen-bond acceptors (Lipinski definition) is 5. The minimum Gasteiger partial charge on any atom is -0.465 e. The van der Waals surface area contributed by atoms with Crippen molar-refractivity contribution in [2.75, 3.05) is 12.0 Å². The molecule has 1 aliphatic rings. The summed E-state index contributed by atoms with van der Waals surface area (Å²) in [4.78, 5) is 27.7. The lowest BCUT2D eigenvalue weighted by Crippen LogP contribution is -2.64. The zero-order chi connectivity index (χ0) is 20.8. The van der Waals surface area contributed by atoms with E-state index in [4.69, 9.17) is 9.47 Å². The third-order valence-corrected chi connectivity index (χ3v) is 5.11. The maximum Gasteiger partial charge on any atom is 0.337 e. The first-order valence-corrected chi connectivity index (χ1v) is 9.48. The van der Waals surface area contributed by atoms with E-state index in [2.05, 4.69) is 39.5 Å². The molecule has 0 saturated carbocycles. The molecule has 1 atom stereocenters. The number of esters is 2. The Hall–Kier alpha value is -2.04. The van der Waals surface area contributed by atoms with Crippen LogP contribution < -0.4 is 4.90 Å². The molecule has 5 heteroatoms. The van der Waals surface area contributed by atoms with Crippen molar-refractivity contribution in [1.29, 1.82) is 0 Å². The number of nitrogens with zero attached hydrogens (tertiary/aromatic N) is 1. The van der Waals surface area contributed by atoms with Gasteiger partial charge in [-0.05, 0) is 63.8 Å². The van der Waals surface area contributed by atoms with Gasteiger partial charge in [0, 0.05) is 18.2 Å². The fourth-order valence-corrected chi connectivity index (χ4v) is 3.96. The van der Waals surface area contributed by atoms with E-state index in [1.165, 1.54) is 7.11 Å². The summed E-state index contributed by atoms with van der Waals surface area (Å²) in [6.07, 6.45) is 0.490. The molecule has 0 spiro atoms. The smallest absolute Gasteiger partial charge is 0.337 e. The molecule has 5 nitrogen and oxygen atoms in total. The van der Waals surface area contributed by atoms with Crippen LogP contribution in [-0.2, 0) is 20.7 Å². The molecule has 0 saturated heterocycles. The van der Waals surface area contributed by atoms with Crippen molar-refractivity contribution in [2.45, 2.75) is 79.0 Å². The van der Waals surface area contributed by atoms with E-state index in [0.717, 1.165) is 11.3 Å². The Morgan fingerprint density at radius 1 is 1.11 bits per heavy atom. The predicted molar refractivity (Wildman–Crippen MR) is 107 cm³/mol. The van der Waals surface area contributed by atoms with Crippen LogP contribution in [0.5, 0.6) is 0 Å². The molecule has 1 aromatic rings. The summed E-state index contributed by atoms with van der Waals surface area (Å²) >= 11 is 0. The van der Waals surface area contributed by atoms with E-state index >= 15 is 0 Å². The lowest BCUT2D eigenvalue weighted by Gasteiger charge is -2.49. The third-order valence-electron chi connectivity index (χ3n) is 5.11. The molecule has 1 aliphatic heterocycles. The van der Waals surface area contributed by atoms with Crippen LogP contribution >= 0.6 is 0 Å². The Morgan fingerprint density at radius 3 is 2.15 bits per heavy atom. The Labute approximate surface area is 163 Å². The molecule has 0 bridgehead atoms. The molecule has 0 fully saturated rings. The monoisotopic (exact) mass is 375 g/mol. The summed E-state index contributed by atoms with van der Waals surface area (Å²) in [5.74, 6) is -0.605. The molecule has 0 N–H and O–H groups in total. The van der Waals surface area contributed by atoms with Gasteiger partial charge in [0.25, 0.3) is 0 Å². The molecule has 1 unspecified atom stereocenters. The molecule has 0 amide bonds. The Morgan fingerprint density at radius 2 is 1.70 bits per heavy atom. The number of benzene rings is 1. The second-order valence-corrected chi connectivity index (χ2v) is 9.59. The SMILES string of the molecule is COC(=O)c1ccc2c(c1)CC(C(=O)OC(C)(C)C)(C(C)(C)C)N2C(C)C. The molecule has 1 aromatic carbocycles. The Bertz CT molecular complexity index is 740. The van der Waals surface area contributed by atoms with Crippen molar-refractivity contribution in [3.63, 3.8) is 0 Å². The third kappa shape index (κ3) is 3.69. The van der Waals surface area contributed by atoms with Gasteiger partial charge in [0.1, 0.15) is 11.1 Å². The van der Waals surface area contributed by atoms with Crippen LogP contribution in [0.15, 0.2) is 18.2 Å². The summed E-state index contributed by atoms with van der Waals surface area (Å²) in [5, 5.41) is 0. The van der Waals surface area contributed by atoms with Gasteiger partial charge in [-0.15, -0.1) is 0 Å². The van der Waals surface area contributed by atoms with Gasteiger partial charge >= 0.3 is 11.9 Å². The number of carbonyl (C=O) groups is 2. The van der Waals surface area contributed by atoms with Gasteiger partial charge < -0.3 is 14.4 Å². The number of ether oxygens (including phenoxy) is 2. The Balaban J connectivity index is 2.66. The average molecular weight is 376 g/mol. The van der Waals surface area contributed by atoms with Gasteiger partial charge in [0.05, 0.1) is 12.7 Å². The number of hydrogen-bond donors (Lipinski definition) is 0. The fourth-order valence-electron chi connectivity index (χ4n) is 3.96. The highest BCUT2D eigenvalue weighted by Gasteiger charge is 2.59. The number of anilines is 1. The molecule has 0 aliphatic carbocycles. The first-order valence-electron chi connectivity index (χ1n) is 9.48. The molecule has 27 heavy (non-hydrogen) atoms. The molecule has 0 radical (unpaired) electrons. The van der Waals surface area contributed by atoms with Crippen LogP contribution in [-0.4, -0.2) is 36.2 Å². The molecule has 0 aromatic heterocycles. The zero-order valence-electron chi connectivity index (χ0n) is 18.1. The standard InChI is InChI=1S/C22H33NO4/c1-14(2)23-17-11-10-15(18(24)26-9)12-16(17)13-22(23,20(3,4)5)19(25)27-21(6,7)8/h10-12,14H,13H2,1-9H3. The van der Waals surface area contributed by atoms with E-state index in [-0.39, 0.29) is 23.4 Å². The van der Waals surface area contributed by atoms with Crippen molar-refractivity contribution >= 4 is 17.6 Å². The van der Waals surface area contributed by atoms with E-state index in [1.54, 1.807) is 6.07 Å². The highest BCUT2D eigenvalue weighted by molar-refractivity contribution is 5.94. The summed E-state index contributed by atoms with van der Waals surface area (Å²) in [6.45, 7) is 16.0. The molecular weight excluding hydrogens is 342 g/mol. The van der Waals surface area contributed by atoms with Gasteiger partial charge in [0.15, 0.2) is 0 Å². The van der Waals surface area contributed by atoms with E-state index in [1.807, 2.05) is 32.9 Å². The van der Waals surface area contributed by atoms with Crippen LogP contribution in [0.1, 0.15) is 71.3 Å². The van der Waals surface area contributed by atoms with Gasteiger partial charge in [0.2, 0.25) is 0 Å². The molecule has 1 heterocycles. The topological polar surface area (TPSA) is 55.8 Å². The van der Waals surface area contributed by atoms with E-state index < -0.39 is 11.1 Å². The zero-order valence-corrected chi connectivity index (χ0v) is 18.1. The molecular formula is C22H33NO4. The highest BCUT2D eigenvalue weighted by Crippen LogP contribution is 2.50. The van der Waals surface area contributed by atoms with Crippen LogP contribution in [0, 0.1) is 5.41 Å². The summed E-state index contributed by atoms with van der Waals surface area (Å²) in [6, 6.07) is 5.60. The average Bonchev–Trinajstić information content (AvgIpc) is 2.87. The van der Waals surface area contributed by atoms with Crippen LogP contribution in [0.25, 0.3) is 0 Å². The maximum atomic E-state index is 13.5. The van der Waals surface area contributed by atoms with E-state index in [0.29, 0.717) is 12.0 Å². The van der Waals surface area contributed by atoms with Crippen LogP contribution in [0.2, 0.25) is 0 Å². The number of methoxy groups -OCH3 is 1. The Kier molecular flexibility index (Phi) is 5.39. The number of rotatable bonds is 3. The van der Waals surface area contributed by atoms with Gasteiger partial charge in [-0.2, -0.15) is 0 Å². The normalized spacial score (nSPS) is 19.9. The number of fused-ring (bicyclic) bond motifs is 1. The minimum atomic E-state index is -0.856. The second kappa shape index (κ2) is 6.84. The van der Waals surface area contributed by atoms with Crippen LogP contribution in [0.3, 0.4) is 0 Å². The first kappa shape index (κ1) is 21.3. The lowest BCUT2D eigenvalue weighted by atomic mass is 9.70. The van der Waals surface area contributed by atoms with Gasteiger partial charge in [-0.3, -0.25) is 0 Å². The van der Waals surface area contributed by atoms with Crippen molar-refractivity contribution in [2.24, 2.45) is 5.41 Å². The quantitative estimate of drug-likeness (QED) is 0.734. The summed E-state index contributed by atoms with van der Waals surface area (Å²) in [5.41, 5.74) is 0.610. The maximum absolute atomic E-state index is 13.5. The van der Waals surface area contributed by atoms with Crippen molar-refractivity contribution in [3.05, 3.63) is 29.3 Å². The largest absolute Gasteiger partial charge is 0.465 e. The van der Waals surface area contributed by atoms with Crippen molar-refractivity contribution in [3.8, 4) is 0 Å². The van der Waals surface area contributed by atoms with Crippen molar-refractivity contribution in [1.82, 2.24) is 0 Å². The molecule has 150 valence electrons. The highest BCUT2D eigenvalue weighted by atomic mass is 16.6. The number of carbonyl (C=O) groups excluding carboxylic acids is 2. The van der Waals surface area contributed by atoms with Gasteiger partial charge in [-0.25, -0.2) is 9.59 Å². The van der Waals surface area contributed by atoms with Crippen molar-refractivity contribution < 1.29 is 19.1 Å². The second-order valence-electron chi connectivity index (χ2n) is 9.59. The van der Waals surface area contributed by atoms with E-state index in [9.17, 15) is 9.59 Å².